The first kappa shape index (κ1) is 19.5. The summed E-state index contributed by atoms with van der Waals surface area (Å²) in [6.07, 6.45) is 0.587. The number of hydrogen-bond acceptors (Lipinski definition) is 7. The molecule has 2 aromatic heterocycles. The van der Waals surface area contributed by atoms with Gasteiger partial charge in [0.2, 0.25) is 5.91 Å². The number of esters is 1. The normalized spacial score (nSPS) is 10.8. The fourth-order valence-electron chi connectivity index (χ4n) is 2.82. The summed E-state index contributed by atoms with van der Waals surface area (Å²) in [5.74, 6) is -1.11. The van der Waals surface area contributed by atoms with Gasteiger partial charge in [0.1, 0.15) is 6.54 Å². The minimum atomic E-state index is -0.589. The third kappa shape index (κ3) is 3.58. The minimum Gasteiger partial charge on any atom is -0.465 e. The van der Waals surface area contributed by atoms with E-state index >= 15 is 0 Å². The molecule has 0 unspecified atom stereocenters. The van der Waals surface area contributed by atoms with E-state index in [2.05, 4.69) is 9.69 Å². The molecule has 0 saturated carbocycles. The topological polar surface area (TPSA) is 112 Å². The van der Waals surface area contributed by atoms with Crippen LogP contribution in [0.1, 0.15) is 23.7 Å². The van der Waals surface area contributed by atoms with Crippen molar-refractivity contribution in [3.05, 3.63) is 56.0 Å². The van der Waals surface area contributed by atoms with Crippen molar-refractivity contribution in [1.82, 2.24) is 13.5 Å². The molecule has 0 aliphatic carbocycles. The molecule has 1 N–H and O–H groups in total. The summed E-state index contributed by atoms with van der Waals surface area (Å²) < 4.78 is 11.1. The summed E-state index contributed by atoms with van der Waals surface area (Å²) in [6.45, 7) is 1.75. The van der Waals surface area contributed by atoms with E-state index in [0.717, 1.165) is 16.1 Å². The Kier molecular flexibility index (Phi) is 5.69. The number of hydrogen-bond donors (Lipinski definition) is 1. The highest BCUT2D eigenvalue weighted by atomic mass is 32.1. The second kappa shape index (κ2) is 8.17. The molecule has 3 aromatic rings. The third-order valence-corrected chi connectivity index (χ3v) is 4.72. The van der Waals surface area contributed by atoms with Crippen LogP contribution in [0.25, 0.3) is 11.0 Å². The molecule has 0 aliphatic heterocycles. The van der Waals surface area contributed by atoms with Gasteiger partial charge in [-0.1, -0.05) is 19.1 Å². The quantitative estimate of drug-likeness (QED) is 0.625. The van der Waals surface area contributed by atoms with Gasteiger partial charge < -0.3 is 10.1 Å². The molecule has 3 rings (SSSR count). The van der Waals surface area contributed by atoms with Gasteiger partial charge in [-0.25, -0.2) is 9.59 Å². The zero-order valence-electron chi connectivity index (χ0n) is 15.3. The van der Waals surface area contributed by atoms with E-state index in [1.165, 1.54) is 17.7 Å². The summed E-state index contributed by atoms with van der Waals surface area (Å²) in [5, 5.41) is 4.18. The van der Waals surface area contributed by atoms with Gasteiger partial charge in [0.15, 0.2) is 5.52 Å². The third-order valence-electron chi connectivity index (χ3n) is 4.11. The van der Waals surface area contributed by atoms with E-state index in [1.54, 1.807) is 23.6 Å². The number of benzene rings is 1. The second-order valence-electron chi connectivity index (χ2n) is 5.96. The van der Waals surface area contributed by atoms with Crippen LogP contribution in [0.3, 0.4) is 0 Å². The van der Waals surface area contributed by atoms with Crippen molar-refractivity contribution in [1.29, 1.82) is 0 Å². The van der Waals surface area contributed by atoms with Gasteiger partial charge in [0, 0.05) is 11.9 Å². The maximum atomic E-state index is 12.7. The molecular formula is C18H18N4O5S. The minimum absolute atomic E-state index is 0.154. The van der Waals surface area contributed by atoms with Gasteiger partial charge in [0.05, 0.1) is 23.9 Å². The van der Waals surface area contributed by atoms with E-state index in [-0.39, 0.29) is 29.9 Å². The van der Waals surface area contributed by atoms with E-state index in [0.29, 0.717) is 11.9 Å². The zero-order valence-corrected chi connectivity index (χ0v) is 16.1. The molecule has 0 atom stereocenters. The largest absolute Gasteiger partial charge is 0.465 e. The lowest BCUT2D eigenvalue weighted by molar-refractivity contribution is -0.116. The van der Waals surface area contributed by atoms with Gasteiger partial charge in [-0.2, -0.15) is 4.37 Å². The first-order valence-corrected chi connectivity index (χ1v) is 9.36. The van der Waals surface area contributed by atoms with Crippen LogP contribution in [0, 0.1) is 0 Å². The number of carbonyl (C=O) groups excluding carboxylic acids is 2. The highest BCUT2D eigenvalue weighted by Gasteiger charge is 2.18. The Morgan fingerprint density at radius 2 is 1.96 bits per heavy atom. The average molecular weight is 402 g/mol. The lowest BCUT2D eigenvalue weighted by atomic mass is 10.2. The van der Waals surface area contributed by atoms with Gasteiger partial charge in [-0.05, 0) is 30.1 Å². The van der Waals surface area contributed by atoms with Crippen molar-refractivity contribution in [2.45, 2.75) is 26.4 Å². The fraction of sp³-hybridized carbons (Fsp3) is 0.278. The number of nitrogens with one attached hydrogen (secondary N) is 1. The molecule has 0 aliphatic rings. The second-order valence-corrected chi connectivity index (χ2v) is 6.59. The predicted octanol–water partition coefficient (Wildman–Crippen LogP) is 1.45. The molecule has 0 bridgehead atoms. The van der Waals surface area contributed by atoms with Crippen molar-refractivity contribution in [3.8, 4) is 0 Å². The first-order valence-electron chi connectivity index (χ1n) is 8.52. The monoisotopic (exact) mass is 402 g/mol. The number of aromatic nitrogens is 3. The molecule has 0 radical (unpaired) electrons. The van der Waals surface area contributed by atoms with Gasteiger partial charge in [0.25, 0.3) is 5.56 Å². The van der Waals surface area contributed by atoms with E-state index < -0.39 is 23.1 Å². The number of amides is 1. The summed E-state index contributed by atoms with van der Waals surface area (Å²) in [4.78, 5) is 49.6. The van der Waals surface area contributed by atoms with Crippen LogP contribution in [0.5, 0.6) is 0 Å². The Labute approximate surface area is 163 Å². The molecule has 0 spiro atoms. The number of anilines is 1. The number of fused-ring (bicyclic) bond motifs is 1. The molecule has 1 amide bonds. The fourth-order valence-corrected chi connectivity index (χ4v) is 3.49. The molecule has 0 saturated heterocycles. The van der Waals surface area contributed by atoms with Crippen molar-refractivity contribution >= 4 is 40.1 Å². The standard InChI is InChI=1S/C18H18N4O5S/c1-3-8-21-16(24)15-13(10-28-20-15)22(18(21)26)9-14(23)19-12-7-5-4-6-11(12)17(25)27-2/h4-7,10H,3,8-9H2,1-2H3,(H,19,23). The van der Waals surface area contributed by atoms with Crippen LogP contribution in [-0.2, 0) is 22.6 Å². The molecule has 10 heteroatoms. The molecule has 9 nitrogen and oxygen atoms in total. The SMILES string of the molecule is CCCn1c(=O)c2nscc2n(CC(=O)Nc2ccccc2C(=O)OC)c1=O. The molecular weight excluding hydrogens is 384 g/mol. The molecule has 146 valence electrons. The predicted molar refractivity (Wildman–Crippen MR) is 105 cm³/mol. The molecule has 1 aromatic carbocycles. The lowest BCUT2D eigenvalue weighted by Crippen LogP contribution is -2.41. The van der Waals surface area contributed by atoms with Crippen LogP contribution >= 0.6 is 11.5 Å². The highest BCUT2D eigenvalue weighted by molar-refractivity contribution is 7.04. The Bertz CT molecular complexity index is 1160. The zero-order chi connectivity index (χ0) is 20.3. The highest BCUT2D eigenvalue weighted by Crippen LogP contribution is 2.16. The van der Waals surface area contributed by atoms with E-state index in [9.17, 15) is 19.2 Å². The Morgan fingerprint density at radius 1 is 1.21 bits per heavy atom. The first-order chi connectivity index (χ1) is 13.5. The lowest BCUT2D eigenvalue weighted by Gasteiger charge is -2.13. The van der Waals surface area contributed by atoms with Gasteiger partial charge in [-0.15, -0.1) is 0 Å². The maximum Gasteiger partial charge on any atom is 0.339 e. The number of nitrogens with zero attached hydrogens (tertiary/aromatic N) is 3. The molecule has 28 heavy (non-hydrogen) atoms. The molecule has 0 fully saturated rings. The maximum absolute atomic E-state index is 12.7. The van der Waals surface area contributed by atoms with E-state index in [1.807, 2.05) is 6.92 Å². The van der Waals surface area contributed by atoms with Crippen LogP contribution in [-0.4, -0.2) is 32.5 Å². The van der Waals surface area contributed by atoms with Crippen molar-refractivity contribution in [2.75, 3.05) is 12.4 Å². The smallest absolute Gasteiger partial charge is 0.339 e. The number of methoxy groups -OCH3 is 1. The van der Waals surface area contributed by atoms with Crippen molar-refractivity contribution in [2.24, 2.45) is 0 Å². The van der Waals surface area contributed by atoms with E-state index in [4.69, 9.17) is 4.74 Å². The number of carbonyl (C=O) groups is 2. The Hall–Kier alpha value is -3.27. The van der Waals surface area contributed by atoms with Crippen LogP contribution in [0.2, 0.25) is 0 Å². The average Bonchev–Trinajstić information content (AvgIpc) is 3.18. The van der Waals surface area contributed by atoms with Crippen LogP contribution in [0.4, 0.5) is 5.69 Å². The van der Waals surface area contributed by atoms with Gasteiger partial charge in [-0.3, -0.25) is 18.7 Å². The number of rotatable bonds is 6. The Morgan fingerprint density at radius 3 is 2.68 bits per heavy atom. The van der Waals surface area contributed by atoms with Crippen molar-refractivity contribution < 1.29 is 14.3 Å². The number of para-hydroxylation sites is 1. The Balaban J connectivity index is 1.97. The van der Waals surface area contributed by atoms with Gasteiger partial charge >= 0.3 is 11.7 Å². The van der Waals surface area contributed by atoms with Crippen molar-refractivity contribution in [3.63, 3.8) is 0 Å². The summed E-state index contributed by atoms with van der Waals surface area (Å²) in [5.41, 5.74) is -0.103. The summed E-state index contributed by atoms with van der Waals surface area (Å²) in [6, 6.07) is 6.40. The number of ether oxygens (including phenoxy) is 1. The summed E-state index contributed by atoms with van der Waals surface area (Å²) in [7, 11) is 1.25. The van der Waals surface area contributed by atoms with Crippen LogP contribution in [0.15, 0.2) is 39.2 Å². The van der Waals surface area contributed by atoms with Crippen LogP contribution < -0.4 is 16.6 Å². The molecule has 2 heterocycles. The summed E-state index contributed by atoms with van der Waals surface area (Å²) >= 11 is 1.04.